The molecule has 0 unspecified atom stereocenters. The molecule has 2 aromatic rings. The standard InChI is InChI=1S/C22H27NO2S/c1-16(2)26-20-9-7-17(8-10-20)13-21(24)23-15-22(25)12-11-18-5-3-4-6-19(18)14-22/h3-10,16,25H,11-15H2,1-2H3,(H,23,24)/t22-/m0/s1. The van der Waals surface area contributed by atoms with Crippen molar-refractivity contribution in [3.8, 4) is 0 Å². The molecule has 0 bridgehead atoms. The number of hydrogen-bond acceptors (Lipinski definition) is 3. The van der Waals surface area contributed by atoms with Crippen LogP contribution in [-0.2, 0) is 24.1 Å². The van der Waals surface area contributed by atoms with Gasteiger partial charge >= 0.3 is 0 Å². The van der Waals surface area contributed by atoms with E-state index in [2.05, 4.69) is 43.4 Å². The number of carbonyl (C=O) groups excluding carboxylic acids is 1. The average molecular weight is 370 g/mol. The van der Waals surface area contributed by atoms with Gasteiger partial charge in [-0.1, -0.05) is 50.2 Å². The highest BCUT2D eigenvalue weighted by Gasteiger charge is 2.32. The molecule has 0 radical (unpaired) electrons. The number of benzene rings is 2. The summed E-state index contributed by atoms with van der Waals surface area (Å²) in [6.07, 6.45) is 2.49. The number of rotatable bonds is 6. The molecule has 1 amide bonds. The molecule has 0 fully saturated rings. The van der Waals surface area contributed by atoms with E-state index in [0.29, 0.717) is 31.1 Å². The number of carbonyl (C=O) groups is 1. The number of aryl methyl sites for hydroxylation is 1. The third-order valence-electron chi connectivity index (χ3n) is 4.77. The minimum absolute atomic E-state index is 0.0402. The quantitative estimate of drug-likeness (QED) is 0.762. The molecule has 1 atom stereocenters. The summed E-state index contributed by atoms with van der Waals surface area (Å²) in [7, 11) is 0. The molecule has 0 heterocycles. The molecule has 1 aliphatic carbocycles. The van der Waals surface area contributed by atoms with E-state index in [4.69, 9.17) is 0 Å². The number of fused-ring (bicyclic) bond motifs is 1. The zero-order chi connectivity index (χ0) is 18.6. The van der Waals surface area contributed by atoms with Crippen molar-refractivity contribution in [3.63, 3.8) is 0 Å². The molecule has 1 aliphatic rings. The minimum Gasteiger partial charge on any atom is -0.388 e. The van der Waals surface area contributed by atoms with Gasteiger partial charge in [-0.05, 0) is 41.7 Å². The SMILES string of the molecule is CC(C)Sc1ccc(CC(=O)NC[C@]2(O)CCc3ccccc3C2)cc1. The Kier molecular flexibility index (Phi) is 6.05. The van der Waals surface area contributed by atoms with Crippen molar-refractivity contribution in [2.45, 2.75) is 55.3 Å². The van der Waals surface area contributed by atoms with Gasteiger partial charge in [0.25, 0.3) is 0 Å². The highest BCUT2D eigenvalue weighted by atomic mass is 32.2. The number of thioether (sulfide) groups is 1. The molecular weight excluding hydrogens is 342 g/mol. The smallest absolute Gasteiger partial charge is 0.224 e. The van der Waals surface area contributed by atoms with Crippen molar-refractivity contribution in [1.82, 2.24) is 5.32 Å². The summed E-state index contributed by atoms with van der Waals surface area (Å²) >= 11 is 1.82. The predicted octanol–water partition coefficient (Wildman–Crippen LogP) is 3.77. The van der Waals surface area contributed by atoms with Crippen LogP contribution >= 0.6 is 11.8 Å². The molecule has 2 aromatic carbocycles. The van der Waals surface area contributed by atoms with E-state index >= 15 is 0 Å². The molecular formula is C22H27NO2S. The van der Waals surface area contributed by atoms with Crippen LogP contribution in [0, 0.1) is 0 Å². The lowest BCUT2D eigenvalue weighted by atomic mass is 9.80. The first-order valence-corrected chi connectivity index (χ1v) is 10.1. The maximum Gasteiger partial charge on any atom is 0.224 e. The minimum atomic E-state index is -0.845. The van der Waals surface area contributed by atoms with Crippen LogP contribution in [0.15, 0.2) is 53.4 Å². The first kappa shape index (κ1) is 19.0. The molecule has 0 aromatic heterocycles. The highest BCUT2D eigenvalue weighted by Crippen LogP contribution is 2.28. The van der Waals surface area contributed by atoms with Crippen LogP contribution in [0.5, 0.6) is 0 Å². The largest absolute Gasteiger partial charge is 0.388 e. The lowest BCUT2D eigenvalue weighted by Crippen LogP contribution is -2.47. The normalized spacial score (nSPS) is 19.2. The third kappa shape index (κ3) is 5.12. The van der Waals surface area contributed by atoms with Crippen LogP contribution in [0.2, 0.25) is 0 Å². The van der Waals surface area contributed by atoms with Crippen LogP contribution in [0.25, 0.3) is 0 Å². The zero-order valence-electron chi connectivity index (χ0n) is 15.5. The van der Waals surface area contributed by atoms with Crippen molar-refractivity contribution in [1.29, 1.82) is 0 Å². The predicted molar refractivity (Wildman–Crippen MR) is 108 cm³/mol. The van der Waals surface area contributed by atoms with Crippen molar-refractivity contribution in [2.24, 2.45) is 0 Å². The molecule has 0 saturated heterocycles. The fourth-order valence-corrected chi connectivity index (χ4v) is 4.24. The monoisotopic (exact) mass is 369 g/mol. The number of aliphatic hydroxyl groups is 1. The van der Waals surface area contributed by atoms with Crippen molar-refractivity contribution >= 4 is 17.7 Å². The van der Waals surface area contributed by atoms with Gasteiger partial charge in [0.15, 0.2) is 0 Å². The van der Waals surface area contributed by atoms with Gasteiger partial charge in [-0.2, -0.15) is 0 Å². The Balaban J connectivity index is 1.51. The average Bonchev–Trinajstić information content (AvgIpc) is 2.61. The summed E-state index contributed by atoms with van der Waals surface area (Å²) in [5.74, 6) is -0.0402. The molecule has 0 spiro atoms. The third-order valence-corrected chi connectivity index (χ3v) is 5.79. The van der Waals surface area contributed by atoms with Gasteiger partial charge in [-0.3, -0.25) is 4.79 Å². The van der Waals surface area contributed by atoms with Gasteiger partial charge in [-0.15, -0.1) is 11.8 Å². The van der Waals surface area contributed by atoms with E-state index in [1.165, 1.54) is 16.0 Å². The summed E-state index contributed by atoms with van der Waals surface area (Å²) in [5.41, 5.74) is 2.65. The first-order chi connectivity index (χ1) is 12.4. The Hall–Kier alpha value is -1.78. The van der Waals surface area contributed by atoms with Crippen LogP contribution in [0.1, 0.15) is 37.0 Å². The van der Waals surface area contributed by atoms with Gasteiger partial charge in [0.05, 0.1) is 12.0 Å². The first-order valence-electron chi connectivity index (χ1n) is 9.25. The Morgan fingerprint density at radius 1 is 1.15 bits per heavy atom. The second-order valence-electron chi connectivity index (χ2n) is 7.43. The van der Waals surface area contributed by atoms with Crippen LogP contribution in [0.4, 0.5) is 0 Å². The summed E-state index contributed by atoms with van der Waals surface area (Å²) in [4.78, 5) is 13.5. The molecule has 2 N–H and O–H groups in total. The molecule has 3 rings (SSSR count). The van der Waals surface area contributed by atoms with Crippen LogP contribution in [0.3, 0.4) is 0 Å². The Morgan fingerprint density at radius 2 is 1.85 bits per heavy atom. The van der Waals surface area contributed by atoms with Gasteiger partial charge in [0.2, 0.25) is 5.91 Å². The van der Waals surface area contributed by atoms with Crippen molar-refractivity contribution in [2.75, 3.05) is 6.54 Å². The number of hydrogen-bond donors (Lipinski definition) is 2. The van der Waals surface area contributed by atoms with Gasteiger partial charge in [-0.25, -0.2) is 0 Å². The Morgan fingerprint density at radius 3 is 2.54 bits per heavy atom. The van der Waals surface area contributed by atoms with Gasteiger partial charge < -0.3 is 10.4 Å². The van der Waals surface area contributed by atoms with Crippen LogP contribution < -0.4 is 5.32 Å². The van der Waals surface area contributed by atoms with Gasteiger partial charge in [0.1, 0.15) is 0 Å². The molecule has 26 heavy (non-hydrogen) atoms. The number of amides is 1. The summed E-state index contributed by atoms with van der Waals surface area (Å²) in [5, 5.41) is 14.3. The fourth-order valence-electron chi connectivity index (χ4n) is 3.40. The summed E-state index contributed by atoms with van der Waals surface area (Å²) in [6.45, 7) is 4.64. The zero-order valence-corrected chi connectivity index (χ0v) is 16.3. The lowest BCUT2D eigenvalue weighted by molar-refractivity contribution is -0.121. The lowest BCUT2D eigenvalue weighted by Gasteiger charge is -2.33. The fraction of sp³-hybridized carbons (Fsp3) is 0.409. The maximum atomic E-state index is 12.3. The number of nitrogens with one attached hydrogen (secondary N) is 1. The Labute approximate surface area is 160 Å². The molecule has 0 saturated carbocycles. The Bertz CT molecular complexity index is 757. The van der Waals surface area contributed by atoms with Crippen LogP contribution in [-0.4, -0.2) is 28.4 Å². The van der Waals surface area contributed by atoms with E-state index in [9.17, 15) is 9.90 Å². The summed E-state index contributed by atoms with van der Waals surface area (Å²) in [6, 6.07) is 16.4. The van der Waals surface area contributed by atoms with E-state index in [0.717, 1.165) is 12.0 Å². The van der Waals surface area contributed by atoms with E-state index in [1.54, 1.807) is 0 Å². The van der Waals surface area contributed by atoms with Crippen molar-refractivity contribution < 1.29 is 9.90 Å². The van der Waals surface area contributed by atoms with E-state index < -0.39 is 5.60 Å². The maximum absolute atomic E-state index is 12.3. The van der Waals surface area contributed by atoms with E-state index in [-0.39, 0.29) is 5.91 Å². The van der Waals surface area contributed by atoms with E-state index in [1.807, 2.05) is 36.0 Å². The molecule has 3 nitrogen and oxygen atoms in total. The van der Waals surface area contributed by atoms with Crippen molar-refractivity contribution in [3.05, 3.63) is 65.2 Å². The topological polar surface area (TPSA) is 49.3 Å². The second kappa shape index (κ2) is 8.28. The molecule has 138 valence electrons. The molecule has 4 heteroatoms. The second-order valence-corrected chi connectivity index (χ2v) is 9.08. The van der Waals surface area contributed by atoms with Gasteiger partial charge in [0, 0.05) is 23.1 Å². The molecule has 0 aliphatic heterocycles. The summed E-state index contributed by atoms with van der Waals surface area (Å²) < 4.78 is 0. The highest BCUT2D eigenvalue weighted by molar-refractivity contribution is 7.99.